The lowest BCUT2D eigenvalue weighted by Crippen LogP contribution is -2.39. The lowest BCUT2D eigenvalue weighted by atomic mass is 9.83. The van der Waals surface area contributed by atoms with Crippen LogP contribution < -0.4 is 9.46 Å². The number of ether oxygens (including phenoxy) is 1. The molecule has 150 valence electrons. The van der Waals surface area contributed by atoms with E-state index in [1.807, 2.05) is 19.9 Å². The van der Waals surface area contributed by atoms with Crippen LogP contribution in [0.15, 0.2) is 47.4 Å². The molecule has 1 aliphatic heterocycles. The highest BCUT2D eigenvalue weighted by Crippen LogP contribution is 2.42. The van der Waals surface area contributed by atoms with Gasteiger partial charge in [0.15, 0.2) is 0 Å². The van der Waals surface area contributed by atoms with Gasteiger partial charge < -0.3 is 9.84 Å². The normalized spacial score (nSPS) is 18.2. The van der Waals surface area contributed by atoms with Crippen molar-refractivity contribution in [3.8, 4) is 5.75 Å². The minimum Gasteiger partial charge on any atom is -0.487 e. The number of rotatable bonds is 6. The Morgan fingerprint density at radius 2 is 1.93 bits per heavy atom. The summed E-state index contributed by atoms with van der Waals surface area (Å²) in [6.07, 6.45) is 0.385. The van der Waals surface area contributed by atoms with Gasteiger partial charge in [0.2, 0.25) is 10.0 Å². The van der Waals surface area contributed by atoms with E-state index in [1.54, 1.807) is 12.1 Å². The molecule has 2 aromatic rings. The molecule has 0 fully saturated rings. The van der Waals surface area contributed by atoms with E-state index < -0.39 is 27.4 Å². The molecular formula is C20H22FNO5S. The molecule has 1 unspecified atom stereocenters. The van der Waals surface area contributed by atoms with E-state index >= 15 is 0 Å². The van der Waals surface area contributed by atoms with Gasteiger partial charge in [0.25, 0.3) is 0 Å². The number of benzene rings is 2. The first-order valence-electron chi connectivity index (χ1n) is 8.85. The molecule has 6 nitrogen and oxygen atoms in total. The number of fused-ring (bicyclic) bond motifs is 1. The van der Waals surface area contributed by atoms with Gasteiger partial charge in [0.1, 0.15) is 17.2 Å². The molecule has 0 saturated heterocycles. The summed E-state index contributed by atoms with van der Waals surface area (Å²) in [6, 6.07) is 9.90. The summed E-state index contributed by atoms with van der Waals surface area (Å²) < 4.78 is 46.7. The lowest BCUT2D eigenvalue weighted by molar-refractivity contribution is -0.136. The Morgan fingerprint density at radius 1 is 1.25 bits per heavy atom. The third-order valence-corrected chi connectivity index (χ3v) is 6.11. The predicted molar refractivity (Wildman–Crippen MR) is 101 cm³/mol. The number of carboxylic acids is 1. The molecule has 28 heavy (non-hydrogen) atoms. The van der Waals surface area contributed by atoms with E-state index in [-0.39, 0.29) is 23.8 Å². The molecule has 0 aromatic heterocycles. The average Bonchev–Trinajstić information content (AvgIpc) is 2.60. The van der Waals surface area contributed by atoms with Crippen LogP contribution in [-0.4, -0.2) is 31.6 Å². The van der Waals surface area contributed by atoms with Crippen LogP contribution in [0, 0.1) is 5.82 Å². The van der Waals surface area contributed by atoms with Gasteiger partial charge in [0, 0.05) is 18.0 Å². The second kappa shape index (κ2) is 7.52. The maximum atomic E-state index is 13.1. The molecule has 1 heterocycles. The van der Waals surface area contributed by atoms with Crippen LogP contribution in [0.4, 0.5) is 4.39 Å². The zero-order chi connectivity index (χ0) is 20.5. The maximum absolute atomic E-state index is 13.1. The molecule has 0 amide bonds. The summed E-state index contributed by atoms with van der Waals surface area (Å²) in [7, 11) is -3.80. The highest BCUT2D eigenvalue weighted by Gasteiger charge is 2.35. The second-order valence-corrected chi connectivity index (χ2v) is 9.24. The van der Waals surface area contributed by atoms with Gasteiger partial charge in [-0.1, -0.05) is 18.2 Å². The number of halogens is 1. The molecule has 1 aliphatic rings. The Bertz CT molecular complexity index is 986. The van der Waals surface area contributed by atoms with Crippen molar-refractivity contribution in [2.75, 3.05) is 6.54 Å². The molecule has 0 bridgehead atoms. The second-order valence-electron chi connectivity index (χ2n) is 7.47. The first-order valence-corrected chi connectivity index (χ1v) is 10.3. The molecule has 0 spiro atoms. The number of carboxylic acid groups (broad SMARTS) is 1. The zero-order valence-corrected chi connectivity index (χ0v) is 16.4. The van der Waals surface area contributed by atoms with Crippen LogP contribution in [0.5, 0.6) is 5.75 Å². The monoisotopic (exact) mass is 407 g/mol. The van der Waals surface area contributed by atoms with Gasteiger partial charge in [-0.05, 0) is 50.1 Å². The number of para-hydroxylation sites is 1. The van der Waals surface area contributed by atoms with E-state index in [0.29, 0.717) is 17.7 Å². The molecule has 0 radical (unpaired) electrons. The number of aliphatic carboxylic acids is 1. The fourth-order valence-electron chi connectivity index (χ4n) is 3.46. The van der Waals surface area contributed by atoms with Crippen LogP contribution in [0.25, 0.3) is 0 Å². The molecule has 0 aliphatic carbocycles. The first kappa shape index (κ1) is 20.3. The SMILES string of the molecule is CC1(C)CC(CNS(=O)(=O)c2ccc(F)cc2)c2cccc(CC(=O)O)c2O1. The van der Waals surface area contributed by atoms with Crippen molar-refractivity contribution in [1.82, 2.24) is 4.72 Å². The zero-order valence-electron chi connectivity index (χ0n) is 15.6. The third kappa shape index (κ3) is 4.51. The van der Waals surface area contributed by atoms with Gasteiger partial charge in [-0.25, -0.2) is 17.5 Å². The molecule has 8 heteroatoms. The quantitative estimate of drug-likeness (QED) is 0.768. The van der Waals surface area contributed by atoms with E-state index in [4.69, 9.17) is 9.84 Å². The summed E-state index contributed by atoms with van der Waals surface area (Å²) in [4.78, 5) is 11.1. The van der Waals surface area contributed by atoms with Crippen molar-refractivity contribution in [1.29, 1.82) is 0 Å². The number of nitrogens with one attached hydrogen (secondary N) is 1. The van der Waals surface area contributed by atoms with Crippen molar-refractivity contribution in [2.24, 2.45) is 0 Å². The smallest absolute Gasteiger partial charge is 0.307 e. The van der Waals surface area contributed by atoms with Crippen LogP contribution in [0.3, 0.4) is 0 Å². The average molecular weight is 407 g/mol. The Kier molecular flexibility index (Phi) is 5.45. The number of hydrogen-bond donors (Lipinski definition) is 2. The summed E-state index contributed by atoms with van der Waals surface area (Å²) >= 11 is 0. The molecule has 0 saturated carbocycles. The third-order valence-electron chi connectivity index (χ3n) is 4.67. The van der Waals surface area contributed by atoms with Crippen molar-refractivity contribution >= 4 is 16.0 Å². The Labute approximate surface area is 163 Å². The van der Waals surface area contributed by atoms with E-state index in [9.17, 15) is 17.6 Å². The largest absolute Gasteiger partial charge is 0.487 e. The number of sulfonamides is 1. The molecule has 2 N–H and O–H groups in total. The molecular weight excluding hydrogens is 385 g/mol. The van der Waals surface area contributed by atoms with Crippen LogP contribution >= 0.6 is 0 Å². The molecule has 1 atom stereocenters. The Hall–Kier alpha value is -2.45. The van der Waals surface area contributed by atoms with Crippen molar-refractivity contribution < 1.29 is 27.4 Å². The summed E-state index contributed by atoms with van der Waals surface area (Å²) in [5, 5.41) is 9.15. The minimum absolute atomic E-state index is 0.0138. The topological polar surface area (TPSA) is 92.7 Å². The van der Waals surface area contributed by atoms with E-state index in [2.05, 4.69) is 4.72 Å². The van der Waals surface area contributed by atoms with Crippen molar-refractivity contribution in [3.63, 3.8) is 0 Å². The molecule has 3 rings (SSSR count). The highest BCUT2D eigenvalue weighted by molar-refractivity contribution is 7.89. The number of carbonyl (C=O) groups is 1. The van der Waals surface area contributed by atoms with Crippen LogP contribution in [0.2, 0.25) is 0 Å². The first-order chi connectivity index (χ1) is 13.1. The standard InChI is InChI=1S/C20H22FNO5S/c1-20(2)11-14(12-22-28(25,26)16-8-6-15(21)7-9-16)17-5-3-4-13(10-18(23)24)19(17)27-20/h3-9,14,22H,10-12H2,1-2H3,(H,23,24). The summed E-state index contributed by atoms with van der Waals surface area (Å²) in [5.74, 6) is -1.16. The highest BCUT2D eigenvalue weighted by atomic mass is 32.2. The minimum atomic E-state index is -3.80. The number of hydrogen-bond acceptors (Lipinski definition) is 4. The van der Waals surface area contributed by atoms with E-state index in [0.717, 1.165) is 17.7 Å². The van der Waals surface area contributed by atoms with Gasteiger partial charge in [-0.3, -0.25) is 4.79 Å². The van der Waals surface area contributed by atoms with Crippen LogP contribution in [-0.2, 0) is 21.2 Å². The predicted octanol–water partition coefficient (Wildman–Crippen LogP) is 3.08. The lowest BCUT2D eigenvalue weighted by Gasteiger charge is -2.38. The Morgan fingerprint density at radius 3 is 2.57 bits per heavy atom. The summed E-state index contributed by atoms with van der Waals surface area (Å²) in [5.41, 5.74) is 0.761. The van der Waals surface area contributed by atoms with Crippen molar-refractivity contribution in [3.05, 3.63) is 59.4 Å². The maximum Gasteiger partial charge on any atom is 0.307 e. The Balaban J connectivity index is 1.87. The summed E-state index contributed by atoms with van der Waals surface area (Å²) in [6.45, 7) is 3.89. The fourth-order valence-corrected chi connectivity index (χ4v) is 4.55. The van der Waals surface area contributed by atoms with Crippen LogP contribution in [0.1, 0.15) is 37.3 Å². The van der Waals surface area contributed by atoms with E-state index in [1.165, 1.54) is 12.1 Å². The molecule has 2 aromatic carbocycles. The fraction of sp³-hybridized carbons (Fsp3) is 0.350. The van der Waals surface area contributed by atoms with Crippen molar-refractivity contribution in [2.45, 2.75) is 43.1 Å². The van der Waals surface area contributed by atoms with Gasteiger partial charge in [0.05, 0.1) is 11.3 Å². The van der Waals surface area contributed by atoms with Gasteiger partial charge in [-0.15, -0.1) is 0 Å². The van der Waals surface area contributed by atoms with Gasteiger partial charge in [-0.2, -0.15) is 0 Å². The van der Waals surface area contributed by atoms with Gasteiger partial charge >= 0.3 is 5.97 Å².